The normalized spacial score (nSPS) is 19.8. The SMILES string of the molecule is CCN(C(=O)NCCc1ccc(C)cc1)C1CCS(=O)(=O)C1. The van der Waals surface area contributed by atoms with Crippen LogP contribution >= 0.6 is 0 Å². The predicted molar refractivity (Wildman–Crippen MR) is 87.7 cm³/mol. The average Bonchev–Trinajstić information content (AvgIpc) is 2.82. The molecule has 0 bridgehead atoms. The fourth-order valence-corrected chi connectivity index (χ4v) is 4.49. The van der Waals surface area contributed by atoms with Crippen LogP contribution in [0.2, 0.25) is 0 Å². The molecule has 1 atom stereocenters. The van der Waals surface area contributed by atoms with Crippen molar-refractivity contribution in [3.63, 3.8) is 0 Å². The van der Waals surface area contributed by atoms with Crippen molar-refractivity contribution in [2.75, 3.05) is 24.6 Å². The number of hydrogen-bond acceptors (Lipinski definition) is 3. The van der Waals surface area contributed by atoms with Crippen LogP contribution in [-0.4, -0.2) is 50.0 Å². The maximum Gasteiger partial charge on any atom is 0.317 e. The number of carbonyl (C=O) groups is 1. The van der Waals surface area contributed by atoms with Gasteiger partial charge in [0.05, 0.1) is 11.5 Å². The first-order valence-corrected chi connectivity index (χ1v) is 9.54. The number of urea groups is 1. The Morgan fingerprint density at radius 3 is 2.55 bits per heavy atom. The van der Waals surface area contributed by atoms with Crippen molar-refractivity contribution >= 4 is 15.9 Å². The number of nitrogens with zero attached hydrogens (tertiary/aromatic N) is 1. The molecule has 1 N–H and O–H groups in total. The van der Waals surface area contributed by atoms with E-state index >= 15 is 0 Å². The highest BCUT2D eigenvalue weighted by atomic mass is 32.2. The quantitative estimate of drug-likeness (QED) is 0.897. The van der Waals surface area contributed by atoms with Crippen LogP contribution in [0.1, 0.15) is 24.5 Å². The summed E-state index contributed by atoms with van der Waals surface area (Å²) in [6, 6.07) is 7.87. The lowest BCUT2D eigenvalue weighted by molar-refractivity contribution is 0.184. The molecular formula is C16H24N2O3S. The van der Waals surface area contributed by atoms with E-state index in [4.69, 9.17) is 0 Å². The molecule has 0 radical (unpaired) electrons. The zero-order chi connectivity index (χ0) is 16.2. The zero-order valence-electron chi connectivity index (χ0n) is 13.2. The molecule has 1 aliphatic heterocycles. The second kappa shape index (κ2) is 7.13. The summed E-state index contributed by atoms with van der Waals surface area (Å²) < 4.78 is 23.1. The molecule has 0 spiro atoms. The molecule has 0 aromatic heterocycles. The minimum atomic E-state index is -2.97. The maximum atomic E-state index is 12.2. The first kappa shape index (κ1) is 16.8. The van der Waals surface area contributed by atoms with Crippen LogP contribution in [-0.2, 0) is 16.3 Å². The standard InChI is InChI=1S/C16H24N2O3S/c1-3-18(15-9-11-22(20,21)12-15)16(19)17-10-8-14-6-4-13(2)5-7-14/h4-7,15H,3,8-12H2,1-2H3,(H,17,19). The first-order valence-electron chi connectivity index (χ1n) is 7.71. The van der Waals surface area contributed by atoms with E-state index in [1.54, 1.807) is 4.90 Å². The van der Waals surface area contributed by atoms with Crippen LogP contribution < -0.4 is 5.32 Å². The van der Waals surface area contributed by atoms with E-state index in [0.717, 1.165) is 6.42 Å². The summed E-state index contributed by atoms with van der Waals surface area (Å²) in [6.45, 7) is 5.00. The van der Waals surface area contributed by atoms with Gasteiger partial charge in [0.2, 0.25) is 0 Å². The number of sulfone groups is 1. The van der Waals surface area contributed by atoms with E-state index in [2.05, 4.69) is 29.6 Å². The van der Waals surface area contributed by atoms with Gasteiger partial charge in [-0.05, 0) is 32.3 Å². The van der Waals surface area contributed by atoms with Gasteiger partial charge in [-0.3, -0.25) is 0 Å². The minimum Gasteiger partial charge on any atom is -0.338 e. The maximum absolute atomic E-state index is 12.2. The Labute approximate surface area is 132 Å². The van der Waals surface area contributed by atoms with E-state index < -0.39 is 9.84 Å². The highest BCUT2D eigenvalue weighted by Crippen LogP contribution is 2.17. The molecule has 1 aromatic carbocycles. The van der Waals surface area contributed by atoms with Crippen LogP contribution in [0.3, 0.4) is 0 Å². The Morgan fingerprint density at radius 2 is 2.00 bits per heavy atom. The summed E-state index contributed by atoms with van der Waals surface area (Å²) in [5.74, 6) is 0.275. The Kier molecular flexibility index (Phi) is 5.45. The molecule has 1 saturated heterocycles. The summed E-state index contributed by atoms with van der Waals surface area (Å²) in [5, 5.41) is 2.89. The molecule has 1 fully saturated rings. The molecule has 0 saturated carbocycles. The highest BCUT2D eigenvalue weighted by molar-refractivity contribution is 7.91. The van der Waals surface area contributed by atoms with Crippen LogP contribution in [0.4, 0.5) is 4.79 Å². The molecule has 2 amide bonds. The van der Waals surface area contributed by atoms with Crippen LogP contribution in [0.25, 0.3) is 0 Å². The molecule has 2 rings (SSSR count). The van der Waals surface area contributed by atoms with E-state index in [0.29, 0.717) is 19.5 Å². The van der Waals surface area contributed by atoms with Crippen LogP contribution in [0.15, 0.2) is 24.3 Å². The zero-order valence-corrected chi connectivity index (χ0v) is 14.0. The average molecular weight is 324 g/mol. The van der Waals surface area contributed by atoms with Gasteiger partial charge in [-0.25, -0.2) is 13.2 Å². The Morgan fingerprint density at radius 1 is 1.32 bits per heavy atom. The summed E-state index contributed by atoms with van der Waals surface area (Å²) in [7, 11) is -2.97. The molecule has 6 heteroatoms. The summed E-state index contributed by atoms with van der Waals surface area (Å²) in [5.41, 5.74) is 2.39. The van der Waals surface area contributed by atoms with E-state index in [-0.39, 0.29) is 23.6 Å². The van der Waals surface area contributed by atoms with Gasteiger partial charge in [0.1, 0.15) is 0 Å². The Hall–Kier alpha value is -1.56. The van der Waals surface area contributed by atoms with Crippen molar-refractivity contribution in [2.45, 2.75) is 32.7 Å². The van der Waals surface area contributed by atoms with Crippen molar-refractivity contribution < 1.29 is 13.2 Å². The second-order valence-electron chi connectivity index (χ2n) is 5.81. The summed E-state index contributed by atoms with van der Waals surface area (Å²) in [6.07, 6.45) is 1.31. The van der Waals surface area contributed by atoms with Gasteiger partial charge in [-0.1, -0.05) is 29.8 Å². The van der Waals surface area contributed by atoms with Crippen molar-refractivity contribution in [2.24, 2.45) is 0 Å². The van der Waals surface area contributed by atoms with Gasteiger partial charge in [0.25, 0.3) is 0 Å². The van der Waals surface area contributed by atoms with Crippen molar-refractivity contribution in [1.29, 1.82) is 0 Å². The molecule has 0 aliphatic carbocycles. The number of amides is 2. The molecular weight excluding hydrogens is 300 g/mol. The van der Waals surface area contributed by atoms with Crippen molar-refractivity contribution in [3.8, 4) is 0 Å². The fourth-order valence-electron chi connectivity index (χ4n) is 2.76. The van der Waals surface area contributed by atoms with E-state index in [1.165, 1.54) is 11.1 Å². The predicted octanol–water partition coefficient (Wildman–Crippen LogP) is 1.76. The Bertz CT molecular complexity index is 611. The van der Waals surface area contributed by atoms with Gasteiger partial charge in [-0.2, -0.15) is 0 Å². The third-order valence-corrected chi connectivity index (χ3v) is 5.81. The summed E-state index contributed by atoms with van der Waals surface area (Å²) >= 11 is 0. The van der Waals surface area contributed by atoms with Gasteiger partial charge in [-0.15, -0.1) is 0 Å². The highest BCUT2D eigenvalue weighted by Gasteiger charge is 2.33. The molecule has 1 aromatic rings. The number of benzene rings is 1. The van der Waals surface area contributed by atoms with Gasteiger partial charge in [0.15, 0.2) is 9.84 Å². The fraction of sp³-hybridized carbons (Fsp3) is 0.562. The molecule has 1 unspecified atom stereocenters. The lowest BCUT2D eigenvalue weighted by Crippen LogP contribution is -2.47. The third kappa shape index (κ3) is 4.47. The number of carbonyl (C=O) groups excluding carboxylic acids is 1. The van der Waals surface area contributed by atoms with E-state index in [9.17, 15) is 13.2 Å². The Balaban J connectivity index is 1.83. The number of aryl methyl sites for hydroxylation is 1. The number of rotatable bonds is 5. The summed E-state index contributed by atoms with van der Waals surface area (Å²) in [4.78, 5) is 13.9. The largest absolute Gasteiger partial charge is 0.338 e. The lowest BCUT2D eigenvalue weighted by atomic mass is 10.1. The smallest absolute Gasteiger partial charge is 0.317 e. The number of nitrogens with one attached hydrogen (secondary N) is 1. The monoisotopic (exact) mass is 324 g/mol. The van der Waals surface area contributed by atoms with Gasteiger partial charge >= 0.3 is 6.03 Å². The number of hydrogen-bond donors (Lipinski definition) is 1. The topological polar surface area (TPSA) is 66.5 Å². The minimum absolute atomic E-state index is 0.0895. The molecule has 5 nitrogen and oxygen atoms in total. The molecule has 22 heavy (non-hydrogen) atoms. The van der Waals surface area contributed by atoms with Crippen LogP contribution in [0.5, 0.6) is 0 Å². The molecule has 1 heterocycles. The first-order chi connectivity index (χ1) is 10.4. The third-order valence-electron chi connectivity index (χ3n) is 4.06. The molecule has 122 valence electrons. The molecule has 1 aliphatic rings. The van der Waals surface area contributed by atoms with Gasteiger partial charge in [0, 0.05) is 19.1 Å². The van der Waals surface area contributed by atoms with Crippen LogP contribution in [0, 0.1) is 6.92 Å². The van der Waals surface area contributed by atoms with Crippen molar-refractivity contribution in [3.05, 3.63) is 35.4 Å². The van der Waals surface area contributed by atoms with Gasteiger partial charge < -0.3 is 10.2 Å². The van der Waals surface area contributed by atoms with Crippen molar-refractivity contribution in [1.82, 2.24) is 10.2 Å². The second-order valence-corrected chi connectivity index (χ2v) is 8.04. The van der Waals surface area contributed by atoms with E-state index in [1.807, 2.05) is 13.8 Å². The lowest BCUT2D eigenvalue weighted by Gasteiger charge is -2.27.